The maximum atomic E-state index is 13.3. The number of halogens is 1. The number of para-hydroxylation sites is 1. The number of amides is 2. The fraction of sp³-hybridized carbons (Fsp3) is 0.345. The van der Waals surface area contributed by atoms with Crippen molar-refractivity contribution in [1.82, 2.24) is 10.6 Å². The van der Waals surface area contributed by atoms with Crippen LogP contribution in [0.1, 0.15) is 31.6 Å². The number of thioether (sulfide) groups is 1. The predicted octanol–water partition coefficient (Wildman–Crippen LogP) is 5.07. The van der Waals surface area contributed by atoms with Crippen molar-refractivity contribution in [3.63, 3.8) is 0 Å². The molecule has 3 rings (SSSR count). The molecule has 0 aliphatic rings. The first-order chi connectivity index (χ1) is 18.3. The lowest BCUT2D eigenvalue weighted by atomic mass is 10.00. The minimum atomic E-state index is -0.820. The molecule has 7 nitrogen and oxygen atoms in total. The second-order valence-electron chi connectivity index (χ2n) is 9.26. The van der Waals surface area contributed by atoms with Gasteiger partial charge in [0, 0.05) is 0 Å². The van der Waals surface area contributed by atoms with E-state index < -0.39 is 23.9 Å². The lowest BCUT2D eigenvalue weighted by molar-refractivity contribution is -0.132. The van der Waals surface area contributed by atoms with E-state index in [0.29, 0.717) is 29.4 Å². The molecule has 0 aliphatic heterocycles. The molecule has 0 aliphatic carbocycles. The van der Waals surface area contributed by atoms with Gasteiger partial charge >= 0.3 is 0 Å². The summed E-state index contributed by atoms with van der Waals surface area (Å²) in [7, 11) is 0. The summed E-state index contributed by atoms with van der Waals surface area (Å²) in [6.45, 7) is 3.64. The van der Waals surface area contributed by atoms with Crippen molar-refractivity contribution in [2.75, 3.05) is 12.4 Å². The molecule has 1 heterocycles. The van der Waals surface area contributed by atoms with Crippen LogP contribution in [0.15, 0.2) is 77.4 Å². The normalized spacial score (nSPS) is 12.5. The molecule has 0 fully saturated rings. The van der Waals surface area contributed by atoms with Crippen molar-refractivity contribution in [3.8, 4) is 5.75 Å². The van der Waals surface area contributed by atoms with E-state index in [0.717, 1.165) is 11.3 Å². The highest BCUT2D eigenvalue weighted by Gasteiger charge is 2.27. The van der Waals surface area contributed by atoms with Gasteiger partial charge in [-0.1, -0.05) is 67.9 Å². The number of nitrogens with one attached hydrogen (secondary N) is 2. The van der Waals surface area contributed by atoms with Crippen LogP contribution in [-0.2, 0) is 26.6 Å². The van der Waals surface area contributed by atoms with Crippen molar-refractivity contribution in [2.45, 2.75) is 44.5 Å². The van der Waals surface area contributed by atoms with Crippen molar-refractivity contribution in [1.29, 1.82) is 0 Å². The quantitative estimate of drug-likeness (QED) is 0.271. The third-order valence-corrected chi connectivity index (χ3v) is 6.90. The van der Waals surface area contributed by atoms with Crippen LogP contribution in [0, 0.1) is 5.92 Å². The second-order valence-corrected chi connectivity index (χ2v) is 10.7. The molecule has 3 aromatic rings. The van der Waals surface area contributed by atoms with E-state index in [4.69, 9.17) is 20.8 Å². The van der Waals surface area contributed by atoms with E-state index in [2.05, 4.69) is 10.6 Å². The number of carbonyl (C=O) groups excluding carboxylic acids is 3. The molecule has 1 aromatic heterocycles. The molecule has 0 saturated carbocycles. The monoisotopic (exact) mass is 556 g/mol. The molecule has 0 radical (unpaired) electrons. The zero-order chi connectivity index (χ0) is 27.3. The zero-order valence-corrected chi connectivity index (χ0v) is 23.1. The molecule has 202 valence electrons. The van der Waals surface area contributed by atoms with E-state index >= 15 is 0 Å². The number of ether oxygens (including phenoxy) is 1. The van der Waals surface area contributed by atoms with Crippen LogP contribution in [0.3, 0.4) is 0 Å². The minimum absolute atomic E-state index is 0.101. The van der Waals surface area contributed by atoms with Gasteiger partial charge in [-0.3, -0.25) is 14.4 Å². The highest BCUT2D eigenvalue weighted by molar-refractivity contribution is 7.99. The predicted molar refractivity (Wildman–Crippen MR) is 150 cm³/mol. The van der Waals surface area contributed by atoms with Crippen molar-refractivity contribution in [2.24, 2.45) is 5.92 Å². The molecular formula is C29H33ClN2O5S. The standard InChI is InChI=1S/C29H33ClN2O5S/c1-20(2)15-25(31-28(34)17-37-27-13-7-6-12-23(27)30)29(35)32-24(16-21-9-4-3-5-10-21)26(33)19-38-18-22-11-8-14-36-22/h3-14,20,24-25H,15-19H2,1-2H3,(H,31,34)(H,32,35)/t24-,25-/m0/s1. The third kappa shape index (κ3) is 9.91. The van der Waals surface area contributed by atoms with E-state index in [1.54, 1.807) is 36.6 Å². The number of ketones is 1. The molecule has 2 amide bonds. The maximum absolute atomic E-state index is 13.3. The Kier molecular flexibility index (Phi) is 11.8. The Hall–Kier alpha value is -3.23. The van der Waals surface area contributed by atoms with Crippen LogP contribution in [0.4, 0.5) is 0 Å². The highest BCUT2D eigenvalue weighted by Crippen LogP contribution is 2.23. The van der Waals surface area contributed by atoms with E-state index in [-0.39, 0.29) is 24.1 Å². The van der Waals surface area contributed by atoms with Crippen LogP contribution in [0.5, 0.6) is 5.75 Å². The van der Waals surface area contributed by atoms with Crippen LogP contribution >= 0.6 is 23.4 Å². The number of furan rings is 1. The maximum Gasteiger partial charge on any atom is 0.258 e. The molecule has 0 saturated heterocycles. The molecule has 38 heavy (non-hydrogen) atoms. The van der Waals surface area contributed by atoms with Crippen LogP contribution in [0.2, 0.25) is 5.02 Å². The third-order valence-electron chi connectivity index (χ3n) is 5.61. The van der Waals surface area contributed by atoms with Gasteiger partial charge in [-0.05, 0) is 48.6 Å². The summed E-state index contributed by atoms with van der Waals surface area (Å²) in [4.78, 5) is 39.2. The number of Topliss-reactive ketones (excluding diaryl/α,β-unsaturated/α-hetero) is 1. The Morgan fingerprint density at radius 3 is 2.37 bits per heavy atom. The summed E-state index contributed by atoms with van der Waals surface area (Å²) in [5.41, 5.74) is 0.930. The number of hydrogen-bond acceptors (Lipinski definition) is 6. The summed E-state index contributed by atoms with van der Waals surface area (Å²) < 4.78 is 10.9. The van der Waals surface area contributed by atoms with Crippen molar-refractivity contribution in [3.05, 3.63) is 89.3 Å². The van der Waals surface area contributed by atoms with Gasteiger partial charge in [0.25, 0.3) is 5.91 Å². The lowest BCUT2D eigenvalue weighted by Gasteiger charge is -2.24. The number of benzene rings is 2. The van der Waals surface area contributed by atoms with Gasteiger partial charge in [0.05, 0.1) is 28.8 Å². The first kappa shape index (κ1) is 29.3. The van der Waals surface area contributed by atoms with Gasteiger partial charge in [0.1, 0.15) is 17.6 Å². The first-order valence-corrected chi connectivity index (χ1v) is 14.0. The fourth-order valence-electron chi connectivity index (χ4n) is 3.76. The molecule has 2 N–H and O–H groups in total. The lowest BCUT2D eigenvalue weighted by Crippen LogP contribution is -2.53. The Morgan fingerprint density at radius 1 is 0.947 bits per heavy atom. The van der Waals surface area contributed by atoms with Crippen LogP contribution < -0.4 is 15.4 Å². The smallest absolute Gasteiger partial charge is 0.258 e. The van der Waals surface area contributed by atoms with E-state index in [9.17, 15) is 14.4 Å². The summed E-state index contributed by atoms with van der Waals surface area (Å²) in [6.07, 6.45) is 2.35. The Balaban J connectivity index is 1.64. The first-order valence-electron chi connectivity index (χ1n) is 12.5. The summed E-state index contributed by atoms with van der Waals surface area (Å²) in [5.74, 6) is 1.10. The fourth-order valence-corrected chi connectivity index (χ4v) is 4.82. The highest BCUT2D eigenvalue weighted by atomic mass is 35.5. The zero-order valence-electron chi connectivity index (χ0n) is 21.5. The SMILES string of the molecule is CC(C)C[C@H](NC(=O)COc1ccccc1Cl)C(=O)N[C@@H](Cc1ccccc1)C(=O)CSCc1ccco1. The van der Waals surface area contributed by atoms with Crippen LogP contribution in [0.25, 0.3) is 0 Å². The van der Waals surface area contributed by atoms with E-state index in [1.807, 2.05) is 50.2 Å². The number of rotatable bonds is 15. The molecular weight excluding hydrogens is 524 g/mol. The summed E-state index contributed by atoms with van der Waals surface area (Å²) in [6, 6.07) is 18.5. The Bertz CT molecular complexity index is 1170. The molecule has 9 heteroatoms. The molecule has 0 bridgehead atoms. The molecule has 2 aromatic carbocycles. The summed E-state index contributed by atoms with van der Waals surface area (Å²) in [5, 5.41) is 6.05. The van der Waals surface area contributed by atoms with Gasteiger partial charge in [0.15, 0.2) is 12.4 Å². The Morgan fingerprint density at radius 2 is 1.68 bits per heavy atom. The largest absolute Gasteiger partial charge is 0.482 e. The topological polar surface area (TPSA) is 97.6 Å². The van der Waals surface area contributed by atoms with Gasteiger partial charge < -0.3 is 19.8 Å². The Labute approximate surface area is 232 Å². The van der Waals surface area contributed by atoms with Gasteiger partial charge in [-0.2, -0.15) is 0 Å². The van der Waals surface area contributed by atoms with Crippen LogP contribution in [-0.4, -0.2) is 42.0 Å². The van der Waals surface area contributed by atoms with Crippen molar-refractivity contribution >= 4 is 41.0 Å². The minimum Gasteiger partial charge on any atom is -0.482 e. The van der Waals surface area contributed by atoms with Crippen molar-refractivity contribution < 1.29 is 23.5 Å². The molecule has 0 unspecified atom stereocenters. The average molecular weight is 557 g/mol. The average Bonchev–Trinajstić information content (AvgIpc) is 3.41. The molecule has 0 spiro atoms. The van der Waals surface area contributed by atoms with E-state index in [1.165, 1.54) is 11.8 Å². The number of carbonyl (C=O) groups is 3. The van der Waals surface area contributed by atoms with Gasteiger partial charge in [-0.25, -0.2) is 0 Å². The number of hydrogen-bond donors (Lipinski definition) is 2. The summed E-state index contributed by atoms with van der Waals surface area (Å²) >= 11 is 7.52. The van der Waals surface area contributed by atoms with Gasteiger partial charge in [-0.15, -0.1) is 11.8 Å². The molecule has 2 atom stereocenters. The van der Waals surface area contributed by atoms with Gasteiger partial charge in [0.2, 0.25) is 5.91 Å². The second kappa shape index (κ2) is 15.2.